The number of methoxy groups -OCH3 is 1. The zero-order chi connectivity index (χ0) is 22.0. The number of amides is 1. The van der Waals surface area contributed by atoms with Crippen LogP contribution in [0.2, 0.25) is 0 Å². The van der Waals surface area contributed by atoms with Gasteiger partial charge in [0.2, 0.25) is 0 Å². The Morgan fingerprint density at radius 3 is 2.48 bits per heavy atom. The van der Waals surface area contributed by atoms with E-state index in [0.29, 0.717) is 12.2 Å². The summed E-state index contributed by atoms with van der Waals surface area (Å²) in [5.41, 5.74) is 1.93. The van der Waals surface area contributed by atoms with Crippen LogP contribution in [0.1, 0.15) is 27.8 Å². The first kappa shape index (κ1) is 22.1. The molecule has 0 bridgehead atoms. The van der Waals surface area contributed by atoms with Crippen LogP contribution < -0.4 is 10.1 Å². The van der Waals surface area contributed by atoms with Crippen molar-refractivity contribution in [2.24, 2.45) is 0 Å². The molecule has 2 aliphatic heterocycles. The topological polar surface area (TPSA) is 86.3 Å². The lowest BCUT2D eigenvalue weighted by Crippen LogP contribution is -2.66. The minimum atomic E-state index is -0.930. The molecule has 4 rings (SSSR count). The van der Waals surface area contributed by atoms with E-state index in [1.165, 1.54) is 11.8 Å². The molecule has 2 aromatic carbocycles. The molecular formula is C23H27NO6S. The molecule has 0 unspecified atom stereocenters. The Labute approximate surface area is 186 Å². The molecule has 1 amide bonds. The fourth-order valence-electron chi connectivity index (χ4n) is 3.83. The van der Waals surface area contributed by atoms with Gasteiger partial charge in [-0.15, -0.1) is 11.8 Å². The van der Waals surface area contributed by atoms with Gasteiger partial charge in [0, 0.05) is 11.1 Å². The molecule has 2 N–H and O–H groups in total. The number of hydrogen-bond acceptors (Lipinski definition) is 7. The molecule has 2 saturated heterocycles. The maximum atomic E-state index is 12.9. The van der Waals surface area contributed by atoms with Crippen molar-refractivity contribution in [1.29, 1.82) is 0 Å². The van der Waals surface area contributed by atoms with Gasteiger partial charge in [0.1, 0.15) is 29.5 Å². The van der Waals surface area contributed by atoms with Gasteiger partial charge < -0.3 is 29.4 Å². The summed E-state index contributed by atoms with van der Waals surface area (Å²) in [6.45, 7) is 2.26. The maximum Gasteiger partial charge on any atom is 0.251 e. The average molecular weight is 446 g/mol. The zero-order valence-corrected chi connectivity index (χ0v) is 18.5. The van der Waals surface area contributed by atoms with E-state index in [-0.39, 0.29) is 5.91 Å². The molecule has 31 heavy (non-hydrogen) atoms. The fourth-order valence-corrected chi connectivity index (χ4v) is 4.54. The second-order valence-corrected chi connectivity index (χ2v) is 8.61. The van der Waals surface area contributed by atoms with Crippen LogP contribution >= 0.6 is 11.8 Å². The van der Waals surface area contributed by atoms with Crippen molar-refractivity contribution < 1.29 is 28.8 Å². The zero-order valence-electron chi connectivity index (χ0n) is 17.7. The quantitative estimate of drug-likeness (QED) is 0.732. The SMILES string of the molecule is COc1ccc([C@H]2OC[C@H]3O[C@@H](SC)[C@H](O)[C@@H](NC(=O)c4ccc(C)cc4)[C@H]3O2)cc1. The van der Waals surface area contributed by atoms with Crippen molar-refractivity contribution in [2.75, 3.05) is 20.0 Å². The molecule has 0 radical (unpaired) electrons. The second kappa shape index (κ2) is 9.58. The van der Waals surface area contributed by atoms with Crippen molar-refractivity contribution in [1.82, 2.24) is 5.32 Å². The van der Waals surface area contributed by atoms with Crippen LogP contribution in [0.25, 0.3) is 0 Å². The van der Waals surface area contributed by atoms with E-state index in [2.05, 4.69) is 5.32 Å². The summed E-state index contributed by atoms with van der Waals surface area (Å²) < 4.78 is 23.3. The number of rotatable bonds is 5. The molecule has 8 heteroatoms. The van der Waals surface area contributed by atoms with Crippen molar-refractivity contribution in [3.8, 4) is 5.75 Å². The number of fused-ring (bicyclic) bond motifs is 1. The molecule has 2 heterocycles. The predicted molar refractivity (Wildman–Crippen MR) is 117 cm³/mol. The molecule has 7 nitrogen and oxygen atoms in total. The van der Waals surface area contributed by atoms with E-state index < -0.39 is 36.1 Å². The van der Waals surface area contributed by atoms with E-state index in [1.54, 1.807) is 19.2 Å². The van der Waals surface area contributed by atoms with Gasteiger partial charge in [-0.05, 0) is 37.4 Å². The maximum absolute atomic E-state index is 12.9. The van der Waals surface area contributed by atoms with E-state index in [1.807, 2.05) is 49.6 Å². The minimum Gasteiger partial charge on any atom is -0.497 e. The number of carbonyl (C=O) groups is 1. The first-order valence-electron chi connectivity index (χ1n) is 10.1. The molecule has 0 spiro atoms. The summed E-state index contributed by atoms with van der Waals surface area (Å²) in [5, 5.41) is 13.9. The molecule has 2 aromatic rings. The molecule has 6 atom stereocenters. The number of aliphatic hydroxyl groups is 1. The number of aryl methyl sites for hydroxylation is 1. The van der Waals surface area contributed by atoms with Crippen LogP contribution in [0.3, 0.4) is 0 Å². The summed E-state index contributed by atoms with van der Waals surface area (Å²) in [6.07, 6.45) is -0.669. The van der Waals surface area contributed by atoms with Crippen LogP contribution in [0, 0.1) is 6.92 Å². The highest BCUT2D eigenvalue weighted by Gasteiger charge is 2.49. The monoisotopic (exact) mass is 445 g/mol. The van der Waals surface area contributed by atoms with E-state index >= 15 is 0 Å². The third kappa shape index (κ3) is 4.73. The Balaban J connectivity index is 1.54. The standard InChI is InChI=1S/C23H27NO6S/c1-13-4-6-14(7-5-13)21(26)24-18-19(25)23(31-3)29-17-12-28-22(30-20(17)18)15-8-10-16(27-2)11-9-15/h4-11,17-20,22-23,25H,12H2,1-3H3,(H,24,26)/t17-,18-,19-,20+,22+,23+/m1/s1. The van der Waals surface area contributed by atoms with Gasteiger partial charge in [-0.3, -0.25) is 4.79 Å². The molecule has 0 aliphatic carbocycles. The summed E-state index contributed by atoms with van der Waals surface area (Å²) in [5.74, 6) is 0.473. The van der Waals surface area contributed by atoms with Crippen molar-refractivity contribution in [3.05, 3.63) is 65.2 Å². The third-order valence-corrected chi connectivity index (χ3v) is 6.46. The molecule has 2 fully saturated rings. The van der Waals surface area contributed by atoms with Crippen molar-refractivity contribution in [2.45, 2.75) is 43.0 Å². The molecule has 2 aliphatic rings. The molecule has 0 aromatic heterocycles. The Hall–Kier alpha value is -2.10. The largest absolute Gasteiger partial charge is 0.497 e. The third-order valence-electron chi connectivity index (χ3n) is 5.60. The highest BCUT2D eigenvalue weighted by Crippen LogP contribution is 2.36. The van der Waals surface area contributed by atoms with Crippen LogP contribution in [0.5, 0.6) is 5.75 Å². The van der Waals surface area contributed by atoms with E-state index in [0.717, 1.165) is 16.9 Å². The summed E-state index contributed by atoms with van der Waals surface area (Å²) in [7, 11) is 1.61. The van der Waals surface area contributed by atoms with E-state index in [9.17, 15) is 9.90 Å². The lowest BCUT2D eigenvalue weighted by molar-refractivity contribution is -0.299. The summed E-state index contributed by atoms with van der Waals surface area (Å²) in [6, 6.07) is 14.1. The Morgan fingerprint density at radius 1 is 1.13 bits per heavy atom. The van der Waals surface area contributed by atoms with Gasteiger partial charge in [-0.25, -0.2) is 0 Å². The van der Waals surface area contributed by atoms with Gasteiger partial charge in [0.25, 0.3) is 5.91 Å². The molecule has 0 saturated carbocycles. The van der Waals surface area contributed by atoms with Gasteiger partial charge in [-0.2, -0.15) is 0 Å². The lowest BCUT2D eigenvalue weighted by Gasteiger charge is -2.48. The van der Waals surface area contributed by atoms with Crippen molar-refractivity contribution >= 4 is 17.7 Å². The Bertz CT molecular complexity index is 890. The first-order valence-corrected chi connectivity index (χ1v) is 11.4. The summed E-state index contributed by atoms with van der Waals surface area (Å²) in [4.78, 5) is 12.9. The molecule has 166 valence electrons. The Morgan fingerprint density at radius 2 is 1.84 bits per heavy atom. The first-order chi connectivity index (χ1) is 15.0. The van der Waals surface area contributed by atoms with Crippen LogP contribution in [-0.4, -0.2) is 60.8 Å². The highest BCUT2D eigenvalue weighted by molar-refractivity contribution is 7.99. The number of nitrogens with one attached hydrogen (secondary N) is 1. The average Bonchev–Trinajstić information content (AvgIpc) is 2.80. The second-order valence-electron chi connectivity index (χ2n) is 7.67. The lowest BCUT2D eigenvalue weighted by atomic mass is 9.95. The molecular weight excluding hydrogens is 418 g/mol. The van der Waals surface area contributed by atoms with Gasteiger partial charge in [0.05, 0.1) is 19.8 Å². The summed E-state index contributed by atoms with van der Waals surface area (Å²) >= 11 is 1.39. The number of thioether (sulfide) groups is 1. The van der Waals surface area contributed by atoms with Gasteiger partial charge in [-0.1, -0.05) is 29.8 Å². The van der Waals surface area contributed by atoms with Crippen LogP contribution in [-0.2, 0) is 14.2 Å². The fraction of sp³-hybridized carbons (Fsp3) is 0.435. The smallest absolute Gasteiger partial charge is 0.251 e. The van der Waals surface area contributed by atoms with Crippen LogP contribution in [0.15, 0.2) is 48.5 Å². The minimum absolute atomic E-state index is 0.263. The normalized spacial score (nSPS) is 30.3. The number of aliphatic hydroxyl groups excluding tert-OH is 1. The number of carbonyl (C=O) groups excluding carboxylic acids is 1. The number of ether oxygens (including phenoxy) is 4. The van der Waals surface area contributed by atoms with Gasteiger partial charge >= 0.3 is 0 Å². The Kier molecular flexibility index (Phi) is 6.83. The van der Waals surface area contributed by atoms with Gasteiger partial charge in [0.15, 0.2) is 6.29 Å². The predicted octanol–water partition coefficient (Wildman–Crippen LogP) is 2.67. The number of hydrogen-bond donors (Lipinski definition) is 2. The number of benzene rings is 2. The highest BCUT2D eigenvalue weighted by atomic mass is 32.2. The van der Waals surface area contributed by atoms with E-state index in [4.69, 9.17) is 18.9 Å². The van der Waals surface area contributed by atoms with Crippen LogP contribution in [0.4, 0.5) is 0 Å². The van der Waals surface area contributed by atoms with Crippen molar-refractivity contribution in [3.63, 3.8) is 0 Å².